The highest BCUT2D eigenvalue weighted by Gasteiger charge is 2.37. The van der Waals surface area contributed by atoms with Gasteiger partial charge in [0.05, 0.1) is 0 Å². The molecule has 2 fully saturated rings. The van der Waals surface area contributed by atoms with Gasteiger partial charge in [0, 0.05) is 24.8 Å². The molecule has 0 aromatic heterocycles. The van der Waals surface area contributed by atoms with Gasteiger partial charge < -0.3 is 4.90 Å². The van der Waals surface area contributed by atoms with Crippen molar-refractivity contribution in [2.45, 2.75) is 45.4 Å². The van der Waals surface area contributed by atoms with Gasteiger partial charge in [0.15, 0.2) is 0 Å². The Labute approximate surface area is 107 Å². The predicted molar refractivity (Wildman–Crippen MR) is 69.7 cm³/mol. The first-order valence-corrected chi connectivity index (χ1v) is 7.61. The number of alkyl halides is 1. The summed E-state index contributed by atoms with van der Waals surface area (Å²) in [6.45, 7) is 4.15. The first kappa shape index (κ1) is 12.4. The van der Waals surface area contributed by atoms with E-state index >= 15 is 0 Å². The van der Waals surface area contributed by atoms with Crippen LogP contribution in [-0.4, -0.2) is 29.2 Å². The van der Waals surface area contributed by atoms with Crippen LogP contribution in [0.4, 0.5) is 0 Å². The molecule has 16 heavy (non-hydrogen) atoms. The number of nitrogens with zero attached hydrogens (tertiary/aromatic N) is 1. The molecule has 2 aliphatic rings. The number of amides is 1. The van der Waals surface area contributed by atoms with Crippen molar-refractivity contribution < 1.29 is 4.79 Å². The first-order chi connectivity index (χ1) is 7.65. The van der Waals surface area contributed by atoms with Gasteiger partial charge in [-0.05, 0) is 24.2 Å². The fourth-order valence-electron chi connectivity index (χ4n) is 3.16. The van der Waals surface area contributed by atoms with Crippen molar-refractivity contribution in [2.75, 3.05) is 18.4 Å². The third-order valence-electron chi connectivity index (χ3n) is 4.13. The molecule has 3 heteroatoms. The molecule has 92 valence electrons. The minimum atomic E-state index is 0.373. The van der Waals surface area contributed by atoms with Gasteiger partial charge in [-0.3, -0.25) is 4.79 Å². The molecular weight excluding hydrogens is 266 g/mol. The van der Waals surface area contributed by atoms with Gasteiger partial charge in [-0.2, -0.15) is 0 Å². The van der Waals surface area contributed by atoms with E-state index in [9.17, 15) is 4.79 Å². The topological polar surface area (TPSA) is 20.3 Å². The normalized spacial score (nSPS) is 29.8. The molecule has 2 rings (SSSR count). The summed E-state index contributed by atoms with van der Waals surface area (Å²) in [6, 6.07) is 0. The Morgan fingerprint density at radius 2 is 2.06 bits per heavy atom. The summed E-state index contributed by atoms with van der Waals surface area (Å²) in [5.41, 5.74) is 0.373. The van der Waals surface area contributed by atoms with Crippen LogP contribution in [-0.2, 0) is 4.79 Å². The Hall–Kier alpha value is -0.0500. The first-order valence-electron chi connectivity index (χ1n) is 6.49. The fraction of sp³-hybridized carbons (Fsp3) is 0.923. The zero-order valence-corrected chi connectivity index (χ0v) is 11.8. The molecule has 0 N–H and O–H groups in total. The lowest BCUT2D eigenvalue weighted by molar-refractivity contribution is -0.129. The fourth-order valence-corrected chi connectivity index (χ4v) is 3.90. The molecule has 1 unspecified atom stereocenters. The van der Waals surface area contributed by atoms with E-state index in [1.807, 2.05) is 0 Å². The number of hydrogen-bond donors (Lipinski definition) is 0. The average molecular weight is 288 g/mol. The number of halogens is 1. The Kier molecular flexibility index (Phi) is 3.93. The SMILES string of the molecule is CC1CC(=O)N(CC2(CBr)CCCCC2)C1. The summed E-state index contributed by atoms with van der Waals surface area (Å²) in [5, 5.41) is 1.05. The lowest BCUT2D eigenvalue weighted by atomic mass is 9.75. The summed E-state index contributed by atoms with van der Waals surface area (Å²) in [6.07, 6.45) is 7.39. The monoisotopic (exact) mass is 287 g/mol. The third kappa shape index (κ3) is 2.61. The maximum Gasteiger partial charge on any atom is 0.222 e. The van der Waals surface area contributed by atoms with Crippen molar-refractivity contribution in [3.05, 3.63) is 0 Å². The van der Waals surface area contributed by atoms with Crippen molar-refractivity contribution in [3.63, 3.8) is 0 Å². The van der Waals surface area contributed by atoms with E-state index < -0.39 is 0 Å². The molecule has 1 saturated heterocycles. The second-order valence-electron chi connectivity index (χ2n) is 5.78. The van der Waals surface area contributed by atoms with Crippen LogP contribution in [0.2, 0.25) is 0 Å². The largest absolute Gasteiger partial charge is 0.342 e. The van der Waals surface area contributed by atoms with Crippen LogP contribution in [0.1, 0.15) is 45.4 Å². The van der Waals surface area contributed by atoms with Gasteiger partial charge in [0.1, 0.15) is 0 Å². The van der Waals surface area contributed by atoms with Crippen LogP contribution in [0.5, 0.6) is 0 Å². The summed E-state index contributed by atoms with van der Waals surface area (Å²) < 4.78 is 0. The van der Waals surface area contributed by atoms with Crippen LogP contribution in [0.3, 0.4) is 0 Å². The van der Waals surface area contributed by atoms with E-state index in [4.69, 9.17) is 0 Å². The second kappa shape index (κ2) is 5.07. The molecule has 1 amide bonds. The summed E-state index contributed by atoms with van der Waals surface area (Å²) >= 11 is 3.67. The minimum absolute atomic E-state index is 0.373. The molecule has 2 nitrogen and oxygen atoms in total. The molecule has 1 heterocycles. The second-order valence-corrected chi connectivity index (χ2v) is 6.34. The van der Waals surface area contributed by atoms with Crippen LogP contribution in [0.25, 0.3) is 0 Å². The number of carbonyl (C=O) groups is 1. The van der Waals surface area contributed by atoms with E-state index in [-0.39, 0.29) is 0 Å². The van der Waals surface area contributed by atoms with Crippen LogP contribution in [0, 0.1) is 11.3 Å². The average Bonchev–Trinajstić information content (AvgIpc) is 2.59. The molecule has 0 radical (unpaired) electrons. The van der Waals surface area contributed by atoms with Gasteiger partial charge >= 0.3 is 0 Å². The van der Waals surface area contributed by atoms with Gasteiger partial charge in [0.25, 0.3) is 0 Å². The van der Waals surface area contributed by atoms with E-state index in [1.165, 1.54) is 32.1 Å². The summed E-state index contributed by atoms with van der Waals surface area (Å²) in [7, 11) is 0. The van der Waals surface area contributed by atoms with Gasteiger partial charge in [-0.25, -0.2) is 0 Å². The van der Waals surface area contributed by atoms with Crippen molar-refractivity contribution in [1.29, 1.82) is 0 Å². The standard InChI is InChI=1S/C13H22BrNO/c1-11-7-12(16)15(8-11)10-13(9-14)5-3-2-4-6-13/h11H,2-10H2,1H3. The van der Waals surface area contributed by atoms with Crippen molar-refractivity contribution >= 4 is 21.8 Å². The molecular formula is C13H22BrNO. The molecule has 0 spiro atoms. The molecule has 0 bridgehead atoms. The van der Waals surface area contributed by atoms with E-state index in [2.05, 4.69) is 27.8 Å². The van der Waals surface area contributed by atoms with E-state index in [1.54, 1.807) is 0 Å². The van der Waals surface area contributed by atoms with Crippen molar-refractivity contribution in [1.82, 2.24) is 4.90 Å². The quantitative estimate of drug-likeness (QED) is 0.730. The Morgan fingerprint density at radius 3 is 2.56 bits per heavy atom. The van der Waals surface area contributed by atoms with Crippen molar-refractivity contribution in [3.8, 4) is 0 Å². The molecule has 0 aromatic rings. The smallest absolute Gasteiger partial charge is 0.222 e. The Balaban J connectivity index is 1.98. The molecule has 1 aliphatic carbocycles. The minimum Gasteiger partial charge on any atom is -0.342 e. The summed E-state index contributed by atoms with van der Waals surface area (Å²) in [5.74, 6) is 0.932. The Morgan fingerprint density at radius 1 is 1.38 bits per heavy atom. The highest BCUT2D eigenvalue weighted by molar-refractivity contribution is 9.09. The zero-order chi connectivity index (χ0) is 11.6. The molecule has 0 aromatic carbocycles. The summed E-state index contributed by atoms with van der Waals surface area (Å²) in [4.78, 5) is 13.9. The highest BCUT2D eigenvalue weighted by Crippen LogP contribution is 2.39. The lowest BCUT2D eigenvalue weighted by Gasteiger charge is -2.39. The van der Waals surface area contributed by atoms with Crippen LogP contribution < -0.4 is 0 Å². The third-order valence-corrected chi connectivity index (χ3v) is 5.32. The number of likely N-dealkylation sites (tertiary alicyclic amines) is 1. The molecule has 1 atom stereocenters. The van der Waals surface area contributed by atoms with E-state index in [0.717, 1.165) is 24.8 Å². The van der Waals surface area contributed by atoms with Gasteiger partial charge in [-0.15, -0.1) is 0 Å². The Bertz CT molecular complexity index is 261. The number of carbonyl (C=O) groups excluding carboxylic acids is 1. The predicted octanol–water partition coefficient (Wildman–Crippen LogP) is 3.20. The lowest BCUT2D eigenvalue weighted by Crippen LogP contribution is -2.41. The zero-order valence-electron chi connectivity index (χ0n) is 10.2. The molecule has 1 saturated carbocycles. The number of hydrogen-bond acceptors (Lipinski definition) is 1. The maximum atomic E-state index is 11.8. The van der Waals surface area contributed by atoms with Gasteiger partial charge in [-0.1, -0.05) is 42.1 Å². The van der Waals surface area contributed by atoms with Crippen LogP contribution in [0.15, 0.2) is 0 Å². The number of rotatable bonds is 3. The maximum absolute atomic E-state index is 11.8. The highest BCUT2D eigenvalue weighted by atomic mass is 79.9. The van der Waals surface area contributed by atoms with E-state index in [0.29, 0.717) is 17.2 Å². The molecule has 1 aliphatic heterocycles. The van der Waals surface area contributed by atoms with Gasteiger partial charge in [0.2, 0.25) is 5.91 Å². The van der Waals surface area contributed by atoms with Crippen molar-refractivity contribution in [2.24, 2.45) is 11.3 Å². The van der Waals surface area contributed by atoms with Crippen LogP contribution >= 0.6 is 15.9 Å².